The number of halogens is 1. The number of nitrogens with one attached hydrogen (secondary N) is 2. The molecule has 7 nitrogen and oxygen atoms in total. The van der Waals surface area contributed by atoms with Crippen LogP contribution < -0.4 is 20.1 Å². The summed E-state index contributed by atoms with van der Waals surface area (Å²) in [6.07, 6.45) is 0.922. The Balaban J connectivity index is 1.19. The van der Waals surface area contributed by atoms with Crippen molar-refractivity contribution in [2.45, 2.75) is 18.9 Å². The van der Waals surface area contributed by atoms with E-state index < -0.39 is 6.10 Å². The summed E-state index contributed by atoms with van der Waals surface area (Å²) in [6, 6.07) is 12.8. The molecule has 3 amide bonds. The van der Waals surface area contributed by atoms with Crippen molar-refractivity contribution >= 4 is 17.6 Å². The van der Waals surface area contributed by atoms with Crippen molar-refractivity contribution in [2.75, 3.05) is 31.6 Å². The van der Waals surface area contributed by atoms with E-state index in [4.69, 9.17) is 9.47 Å². The van der Waals surface area contributed by atoms with Crippen LogP contribution in [-0.4, -0.2) is 49.2 Å². The van der Waals surface area contributed by atoms with Crippen LogP contribution in [0.1, 0.15) is 12.8 Å². The number of urea groups is 1. The molecule has 1 unspecified atom stereocenters. The molecule has 0 spiro atoms. The summed E-state index contributed by atoms with van der Waals surface area (Å²) >= 11 is 0. The molecule has 1 saturated heterocycles. The van der Waals surface area contributed by atoms with E-state index in [-0.39, 0.29) is 24.4 Å². The van der Waals surface area contributed by atoms with Gasteiger partial charge in [-0.2, -0.15) is 0 Å². The Morgan fingerprint density at radius 2 is 1.73 bits per heavy atom. The smallest absolute Gasteiger partial charge is 0.321 e. The first-order valence-electron chi connectivity index (χ1n) is 10.1. The molecule has 0 aliphatic carbocycles. The lowest BCUT2D eigenvalue weighted by atomic mass is 9.97. The van der Waals surface area contributed by atoms with Crippen LogP contribution in [0.2, 0.25) is 0 Å². The fourth-order valence-corrected chi connectivity index (χ4v) is 3.58. The van der Waals surface area contributed by atoms with Gasteiger partial charge in [0.25, 0.3) is 5.91 Å². The summed E-state index contributed by atoms with van der Waals surface area (Å²) < 4.78 is 24.3. The second kappa shape index (κ2) is 9.02. The summed E-state index contributed by atoms with van der Waals surface area (Å²) in [5.74, 6) is 0.976. The molecule has 2 aliphatic heterocycles. The average Bonchev–Trinajstić information content (AvgIpc) is 2.79. The lowest BCUT2D eigenvalue weighted by Gasteiger charge is -2.32. The Labute approximate surface area is 174 Å². The predicted octanol–water partition coefficient (Wildman–Crippen LogP) is 3.03. The molecule has 0 aromatic heterocycles. The van der Waals surface area contributed by atoms with Crippen LogP contribution in [0.25, 0.3) is 0 Å². The Hall–Kier alpha value is -3.29. The van der Waals surface area contributed by atoms with Gasteiger partial charge in [0.2, 0.25) is 6.10 Å². The Morgan fingerprint density at radius 3 is 2.47 bits per heavy atom. The highest BCUT2D eigenvalue weighted by Crippen LogP contribution is 2.30. The van der Waals surface area contributed by atoms with E-state index in [0.717, 1.165) is 12.8 Å². The number of nitrogens with zero attached hydrogens (tertiary/aromatic N) is 1. The lowest BCUT2D eigenvalue weighted by Crippen LogP contribution is -2.47. The molecule has 0 radical (unpaired) electrons. The molecule has 2 aliphatic rings. The van der Waals surface area contributed by atoms with Crippen molar-refractivity contribution in [1.29, 1.82) is 0 Å². The van der Waals surface area contributed by atoms with E-state index in [9.17, 15) is 14.0 Å². The molecule has 2 heterocycles. The minimum atomic E-state index is -0.665. The number of fused-ring (bicyclic) bond motifs is 1. The topological polar surface area (TPSA) is 79.9 Å². The number of likely N-dealkylation sites (tertiary alicyclic amines) is 1. The van der Waals surface area contributed by atoms with E-state index in [1.165, 1.54) is 24.3 Å². The lowest BCUT2D eigenvalue weighted by molar-refractivity contribution is -0.130. The van der Waals surface area contributed by atoms with Gasteiger partial charge in [-0.05, 0) is 55.2 Å². The SMILES string of the molecule is O=C(NCC1CCN(C(=O)Nc2ccc(F)cc2)CC1)C1COc2ccccc2O1. The standard InChI is InChI=1S/C22H24FN3O4/c23-16-5-7-17(8-6-16)25-22(28)26-11-9-15(10-12-26)13-24-21(27)20-14-29-18-3-1-2-4-19(18)30-20/h1-8,15,20H,9-14H2,(H,24,27)(H,25,28). The van der Waals surface area contributed by atoms with Gasteiger partial charge in [0.1, 0.15) is 12.4 Å². The highest BCUT2D eigenvalue weighted by molar-refractivity contribution is 5.89. The number of amides is 3. The van der Waals surface area contributed by atoms with Crippen molar-refractivity contribution in [2.24, 2.45) is 5.92 Å². The first-order valence-corrected chi connectivity index (χ1v) is 10.1. The third kappa shape index (κ3) is 4.82. The average molecular weight is 413 g/mol. The number of hydrogen-bond donors (Lipinski definition) is 2. The van der Waals surface area contributed by atoms with Crippen molar-refractivity contribution in [3.8, 4) is 11.5 Å². The van der Waals surface area contributed by atoms with Gasteiger partial charge in [-0.3, -0.25) is 4.79 Å². The highest BCUT2D eigenvalue weighted by Gasteiger charge is 2.28. The maximum Gasteiger partial charge on any atom is 0.321 e. The Bertz CT molecular complexity index is 898. The van der Waals surface area contributed by atoms with E-state index in [1.807, 2.05) is 18.2 Å². The van der Waals surface area contributed by atoms with E-state index in [2.05, 4.69) is 10.6 Å². The third-order valence-electron chi connectivity index (χ3n) is 5.36. The summed E-state index contributed by atoms with van der Waals surface area (Å²) in [5.41, 5.74) is 0.562. The number of para-hydroxylation sites is 2. The number of hydrogen-bond acceptors (Lipinski definition) is 4. The van der Waals surface area contributed by atoms with Crippen LogP contribution >= 0.6 is 0 Å². The summed E-state index contributed by atoms with van der Waals surface area (Å²) in [6.45, 7) is 1.92. The zero-order valence-corrected chi connectivity index (χ0v) is 16.5. The molecule has 2 aromatic carbocycles. The quantitative estimate of drug-likeness (QED) is 0.808. The predicted molar refractivity (Wildman–Crippen MR) is 109 cm³/mol. The Kier molecular flexibility index (Phi) is 6.02. The van der Waals surface area contributed by atoms with Crippen LogP contribution in [0.3, 0.4) is 0 Å². The molecular weight excluding hydrogens is 389 g/mol. The zero-order valence-electron chi connectivity index (χ0n) is 16.5. The van der Waals surface area contributed by atoms with Crippen LogP contribution in [0.4, 0.5) is 14.9 Å². The molecule has 158 valence electrons. The van der Waals surface area contributed by atoms with Gasteiger partial charge in [-0.25, -0.2) is 9.18 Å². The number of anilines is 1. The fourth-order valence-electron chi connectivity index (χ4n) is 3.58. The minimum absolute atomic E-state index is 0.185. The number of piperidine rings is 1. The van der Waals surface area contributed by atoms with Gasteiger partial charge in [0.15, 0.2) is 11.5 Å². The normalized spacial score (nSPS) is 18.6. The van der Waals surface area contributed by atoms with E-state index >= 15 is 0 Å². The first-order chi connectivity index (χ1) is 14.6. The minimum Gasteiger partial charge on any atom is -0.485 e. The van der Waals surface area contributed by atoms with Gasteiger partial charge in [-0.15, -0.1) is 0 Å². The van der Waals surface area contributed by atoms with Crippen molar-refractivity contribution in [3.05, 3.63) is 54.3 Å². The molecule has 0 saturated carbocycles. The molecule has 4 rings (SSSR count). The van der Waals surface area contributed by atoms with Gasteiger partial charge in [0, 0.05) is 25.3 Å². The molecule has 2 aromatic rings. The van der Waals surface area contributed by atoms with E-state index in [1.54, 1.807) is 11.0 Å². The molecule has 8 heteroatoms. The monoisotopic (exact) mass is 413 g/mol. The second-order valence-corrected chi connectivity index (χ2v) is 7.48. The molecular formula is C22H24FN3O4. The fraction of sp³-hybridized carbons (Fsp3) is 0.364. The molecule has 30 heavy (non-hydrogen) atoms. The number of carbonyl (C=O) groups excluding carboxylic acids is 2. The number of carbonyl (C=O) groups is 2. The van der Waals surface area contributed by atoms with Crippen molar-refractivity contribution < 1.29 is 23.5 Å². The third-order valence-corrected chi connectivity index (χ3v) is 5.36. The van der Waals surface area contributed by atoms with Gasteiger partial charge >= 0.3 is 6.03 Å². The van der Waals surface area contributed by atoms with Crippen molar-refractivity contribution in [3.63, 3.8) is 0 Å². The van der Waals surface area contributed by atoms with Gasteiger partial charge in [-0.1, -0.05) is 12.1 Å². The number of ether oxygens (including phenoxy) is 2. The maximum atomic E-state index is 13.0. The number of benzene rings is 2. The summed E-state index contributed by atoms with van der Waals surface area (Å²) in [5, 5.41) is 5.72. The zero-order chi connectivity index (χ0) is 20.9. The van der Waals surface area contributed by atoms with Gasteiger partial charge in [0.05, 0.1) is 0 Å². The van der Waals surface area contributed by atoms with Crippen molar-refractivity contribution in [1.82, 2.24) is 10.2 Å². The molecule has 1 fully saturated rings. The largest absolute Gasteiger partial charge is 0.485 e. The summed E-state index contributed by atoms with van der Waals surface area (Å²) in [4.78, 5) is 26.5. The molecule has 1 atom stereocenters. The van der Waals surface area contributed by atoms with E-state index in [0.29, 0.717) is 42.7 Å². The van der Waals surface area contributed by atoms with Crippen LogP contribution in [0.15, 0.2) is 48.5 Å². The van der Waals surface area contributed by atoms with Crippen LogP contribution in [0.5, 0.6) is 11.5 Å². The maximum absolute atomic E-state index is 13.0. The second-order valence-electron chi connectivity index (χ2n) is 7.48. The highest BCUT2D eigenvalue weighted by atomic mass is 19.1. The number of rotatable bonds is 4. The van der Waals surface area contributed by atoms with Gasteiger partial charge < -0.3 is 25.0 Å². The van der Waals surface area contributed by atoms with Crippen LogP contribution in [-0.2, 0) is 4.79 Å². The molecule has 2 N–H and O–H groups in total. The Morgan fingerprint density at radius 1 is 1.03 bits per heavy atom. The molecule has 0 bridgehead atoms. The van der Waals surface area contributed by atoms with Crippen LogP contribution in [0, 0.1) is 11.7 Å². The first kappa shape index (κ1) is 20.0. The summed E-state index contributed by atoms with van der Waals surface area (Å²) in [7, 11) is 0.